The van der Waals surface area contributed by atoms with Gasteiger partial charge in [0.15, 0.2) is 0 Å². The molecule has 6 heteroatoms. The van der Waals surface area contributed by atoms with Crippen LogP contribution in [0.15, 0.2) is 30.5 Å². The van der Waals surface area contributed by atoms with Crippen LogP contribution in [0.3, 0.4) is 0 Å². The largest absolute Gasteiger partial charge is 0.506 e. The number of pyridine rings is 1. The van der Waals surface area contributed by atoms with Crippen molar-refractivity contribution in [1.29, 1.82) is 5.26 Å². The summed E-state index contributed by atoms with van der Waals surface area (Å²) in [6, 6.07) is 8.23. The summed E-state index contributed by atoms with van der Waals surface area (Å²) >= 11 is 0. The average Bonchev–Trinajstić information content (AvgIpc) is 2.55. The van der Waals surface area contributed by atoms with E-state index in [0.29, 0.717) is 27.9 Å². The van der Waals surface area contributed by atoms with E-state index < -0.39 is 0 Å². The van der Waals surface area contributed by atoms with Gasteiger partial charge in [-0.3, -0.25) is 9.78 Å². The molecule has 22 heavy (non-hydrogen) atoms. The van der Waals surface area contributed by atoms with Gasteiger partial charge in [-0.05, 0) is 36.8 Å². The quantitative estimate of drug-likeness (QED) is 0.790. The molecule has 6 nitrogen and oxygen atoms in total. The molecule has 1 aromatic carbocycles. The molecule has 0 aliphatic rings. The summed E-state index contributed by atoms with van der Waals surface area (Å²) in [5.41, 5.74) is 2.23. The molecule has 0 spiro atoms. The predicted molar refractivity (Wildman–Crippen MR) is 78.9 cm³/mol. The zero-order valence-electron chi connectivity index (χ0n) is 12.0. The van der Waals surface area contributed by atoms with Crippen molar-refractivity contribution >= 4 is 5.91 Å². The van der Waals surface area contributed by atoms with Crippen LogP contribution in [0.4, 0.5) is 0 Å². The second-order valence-electron chi connectivity index (χ2n) is 4.73. The Bertz CT molecular complexity index is 734. The topological polar surface area (TPSA) is 106 Å². The van der Waals surface area contributed by atoms with Gasteiger partial charge in [-0.15, -0.1) is 0 Å². The number of nitriles is 1. The van der Waals surface area contributed by atoms with Crippen molar-refractivity contribution in [1.82, 2.24) is 10.3 Å². The van der Waals surface area contributed by atoms with Crippen LogP contribution >= 0.6 is 0 Å². The molecular weight excluding hydrogens is 282 g/mol. The van der Waals surface area contributed by atoms with Gasteiger partial charge in [0.05, 0.1) is 23.9 Å². The van der Waals surface area contributed by atoms with Crippen molar-refractivity contribution in [3.63, 3.8) is 0 Å². The maximum atomic E-state index is 12.0. The first-order chi connectivity index (χ1) is 10.6. The molecule has 0 atom stereocenters. The van der Waals surface area contributed by atoms with Crippen LogP contribution in [0, 0.1) is 18.3 Å². The third-order valence-electron chi connectivity index (χ3n) is 3.30. The van der Waals surface area contributed by atoms with Crippen molar-refractivity contribution < 1.29 is 15.0 Å². The minimum absolute atomic E-state index is 0.0624. The molecule has 0 aliphatic carbocycles. The minimum Gasteiger partial charge on any atom is -0.506 e. The Balaban J connectivity index is 2.11. The normalized spacial score (nSPS) is 10.0. The van der Waals surface area contributed by atoms with Gasteiger partial charge in [-0.25, -0.2) is 0 Å². The lowest BCUT2D eigenvalue weighted by molar-refractivity contribution is 0.0950. The van der Waals surface area contributed by atoms with Crippen LogP contribution in [-0.4, -0.2) is 21.1 Å². The number of carbonyl (C=O) groups is 1. The molecule has 1 amide bonds. The monoisotopic (exact) mass is 297 g/mol. The zero-order valence-corrected chi connectivity index (χ0v) is 12.0. The summed E-state index contributed by atoms with van der Waals surface area (Å²) in [4.78, 5) is 16.0. The fourth-order valence-corrected chi connectivity index (χ4v) is 1.99. The maximum absolute atomic E-state index is 12.0. The van der Waals surface area contributed by atoms with E-state index in [-0.39, 0.29) is 24.8 Å². The number of nitrogens with zero attached hydrogens (tertiary/aromatic N) is 2. The lowest BCUT2D eigenvalue weighted by Gasteiger charge is -2.11. The SMILES string of the molecule is Cc1ncc(CNC(=O)c2ccc(C#N)cc2)c(CO)c1O. The molecule has 0 radical (unpaired) electrons. The lowest BCUT2D eigenvalue weighted by Crippen LogP contribution is -2.23. The molecular formula is C16H15N3O3. The number of carbonyl (C=O) groups excluding carboxylic acids is 1. The Morgan fingerprint density at radius 1 is 1.36 bits per heavy atom. The third kappa shape index (κ3) is 3.22. The molecule has 2 aromatic rings. The first-order valence-corrected chi connectivity index (χ1v) is 6.62. The van der Waals surface area contributed by atoms with E-state index in [0.717, 1.165) is 0 Å². The number of aromatic hydroxyl groups is 1. The zero-order chi connectivity index (χ0) is 16.1. The molecule has 3 N–H and O–H groups in total. The standard InChI is InChI=1S/C16H15N3O3/c1-10-15(21)14(9-20)13(7-18-10)8-19-16(22)12-4-2-11(6-17)3-5-12/h2-5,7,20-21H,8-9H2,1H3,(H,19,22). The van der Waals surface area contributed by atoms with Gasteiger partial charge in [0.25, 0.3) is 5.91 Å². The Morgan fingerprint density at radius 2 is 2.05 bits per heavy atom. The molecule has 0 aliphatic heterocycles. The van der Waals surface area contributed by atoms with Crippen molar-refractivity contribution in [2.45, 2.75) is 20.1 Å². The molecule has 0 saturated heterocycles. The van der Waals surface area contributed by atoms with Crippen LogP contribution in [0.1, 0.15) is 32.7 Å². The van der Waals surface area contributed by atoms with Gasteiger partial charge >= 0.3 is 0 Å². The average molecular weight is 297 g/mol. The highest BCUT2D eigenvalue weighted by Crippen LogP contribution is 2.23. The van der Waals surface area contributed by atoms with Crippen LogP contribution < -0.4 is 5.32 Å². The number of aliphatic hydroxyl groups excluding tert-OH is 1. The number of aliphatic hydroxyl groups is 1. The van der Waals surface area contributed by atoms with Gasteiger partial charge in [-0.2, -0.15) is 5.26 Å². The van der Waals surface area contributed by atoms with E-state index >= 15 is 0 Å². The van der Waals surface area contributed by atoms with Crippen molar-refractivity contribution in [2.75, 3.05) is 0 Å². The molecule has 112 valence electrons. The highest BCUT2D eigenvalue weighted by atomic mass is 16.3. The number of nitrogens with one attached hydrogen (secondary N) is 1. The lowest BCUT2D eigenvalue weighted by atomic mass is 10.1. The van der Waals surface area contributed by atoms with Crippen LogP contribution in [-0.2, 0) is 13.2 Å². The molecule has 0 unspecified atom stereocenters. The number of benzene rings is 1. The Hall–Kier alpha value is -2.91. The summed E-state index contributed by atoms with van der Waals surface area (Å²) in [5.74, 6) is -0.374. The van der Waals surface area contributed by atoms with E-state index in [4.69, 9.17) is 5.26 Å². The van der Waals surface area contributed by atoms with Crippen molar-refractivity contribution in [3.8, 4) is 11.8 Å². The van der Waals surface area contributed by atoms with Gasteiger partial charge < -0.3 is 15.5 Å². The third-order valence-corrected chi connectivity index (χ3v) is 3.30. The van der Waals surface area contributed by atoms with E-state index in [9.17, 15) is 15.0 Å². The Morgan fingerprint density at radius 3 is 2.64 bits per heavy atom. The maximum Gasteiger partial charge on any atom is 0.251 e. The van der Waals surface area contributed by atoms with Crippen LogP contribution in [0.5, 0.6) is 5.75 Å². The fraction of sp³-hybridized carbons (Fsp3) is 0.188. The van der Waals surface area contributed by atoms with Crippen LogP contribution in [0.25, 0.3) is 0 Å². The molecule has 1 heterocycles. The molecule has 1 aromatic heterocycles. The highest BCUT2D eigenvalue weighted by Gasteiger charge is 2.12. The smallest absolute Gasteiger partial charge is 0.251 e. The molecule has 0 bridgehead atoms. The van der Waals surface area contributed by atoms with E-state index in [2.05, 4.69) is 10.3 Å². The second kappa shape index (κ2) is 6.70. The number of hydrogen-bond acceptors (Lipinski definition) is 5. The van der Waals surface area contributed by atoms with Crippen LogP contribution in [0.2, 0.25) is 0 Å². The number of amides is 1. The molecule has 2 rings (SSSR count). The minimum atomic E-state index is -0.336. The van der Waals surface area contributed by atoms with E-state index in [1.807, 2.05) is 6.07 Å². The van der Waals surface area contributed by atoms with Gasteiger partial charge in [0.2, 0.25) is 0 Å². The van der Waals surface area contributed by atoms with E-state index in [1.54, 1.807) is 31.2 Å². The van der Waals surface area contributed by atoms with Crippen molar-refractivity contribution in [2.24, 2.45) is 0 Å². The summed E-state index contributed by atoms with van der Waals surface area (Å²) in [6.07, 6.45) is 1.51. The summed E-state index contributed by atoms with van der Waals surface area (Å²) in [5, 5.41) is 30.6. The first kappa shape index (κ1) is 15.5. The van der Waals surface area contributed by atoms with Gasteiger partial charge in [0, 0.05) is 23.9 Å². The fourth-order valence-electron chi connectivity index (χ4n) is 1.99. The second-order valence-corrected chi connectivity index (χ2v) is 4.73. The van der Waals surface area contributed by atoms with Crippen molar-refractivity contribution in [3.05, 3.63) is 58.4 Å². The van der Waals surface area contributed by atoms with Gasteiger partial charge in [-0.1, -0.05) is 0 Å². The van der Waals surface area contributed by atoms with Gasteiger partial charge in [0.1, 0.15) is 5.75 Å². The number of rotatable bonds is 4. The highest BCUT2D eigenvalue weighted by molar-refractivity contribution is 5.94. The Kier molecular flexibility index (Phi) is 4.71. The first-order valence-electron chi connectivity index (χ1n) is 6.62. The number of aryl methyl sites for hydroxylation is 1. The summed E-state index contributed by atoms with van der Waals surface area (Å²) < 4.78 is 0. The number of aromatic nitrogens is 1. The van der Waals surface area contributed by atoms with E-state index in [1.165, 1.54) is 6.20 Å². The number of hydrogen-bond donors (Lipinski definition) is 3. The molecule has 0 fully saturated rings. The predicted octanol–water partition coefficient (Wildman–Crippen LogP) is 1.39. The summed E-state index contributed by atoms with van der Waals surface area (Å²) in [7, 11) is 0. The summed E-state index contributed by atoms with van der Waals surface area (Å²) in [6.45, 7) is 1.43. The Labute approximate surface area is 127 Å². The molecule has 0 saturated carbocycles.